The molecule has 1 aliphatic heterocycles. The van der Waals surface area contributed by atoms with Gasteiger partial charge < -0.3 is 5.32 Å². The Hall–Kier alpha value is -1.35. The third-order valence-electron chi connectivity index (χ3n) is 3.41. The largest absolute Gasteiger partial charge is 0.352 e. The van der Waals surface area contributed by atoms with E-state index in [2.05, 4.69) is 34.5 Å². The predicted octanol–water partition coefficient (Wildman–Crippen LogP) is 2.31. The van der Waals surface area contributed by atoms with E-state index >= 15 is 0 Å². The molecule has 1 aliphatic rings. The van der Waals surface area contributed by atoms with Gasteiger partial charge in [0.25, 0.3) is 0 Å². The molecule has 1 N–H and O–H groups in total. The first-order chi connectivity index (χ1) is 8.78. The van der Waals surface area contributed by atoms with Crippen LogP contribution in [0.15, 0.2) is 24.3 Å². The Kier molecular flexibility index (Phi) is 4.76. The monoisotopic (exact) mass is 246 g/mol. The summed E-state index contributed by atoms with van der Waals surface area (Å²) in [6.45, 7) is 5.99. The van der Waals surface area contributed by atoms with Crippen LogP contribution < -0.4 is 5.32 Å². The van der Waals surface area contributed by atoms with Gasteiger partial charge >= 0.3 is 0 Å². The summed E-state index contributed by atoms with van der Waals surface area (Å²) in [5.41, 5.74) is 2.54. The molecule has 1 saturated heterocycles. The fourth-order valence-corrected chi connectivity index (χ4v) is 2.36. The average molecular weight is 246 g/mol. The zero-order chi connectivity index (χ0) is 12.8. The van der Waals surface area contributed by atoms with Gasteiger partial charge in [-0.1, -0.05) is 31.2 Å². The second kappa shape index (κ2) is 6.55. The van der Waals surface area contributed by atoms with E-state index in [1.807, 2.05) is 6.92 Å². The minimum Gasteiger partial charge on any atom is -0.352 e. The van der Waals surface area contributed by atoms with E-state index in [0.29, 0.717) is 13.0 Å². The van der Waals surface area contributed by atoms with Crippen molar-refractivity contribution in [1.29, 1.82) is 0 Å². The van der Waals surface area contributed by atoms with E-state index in [1.54, 1.807) is 0 Å². The SMILES string of the molecule is CCC(=O)NCc1cccc(CN2CCCC2)c1. The maximum atomic E-state index is 11.2. The summed E-state index contributed by atoms with van der Waals surface area (Å²) in [6.07, 6.45) is 3.20. The number of nitrogens with zero attached hydrogens (tertiary/aromatic N) is 1. The van der Waals surface area contributed by atoms with Crippen LogP contribution in [0, 0.1) is 0 Å². The fourth-order valence-electron chi connectivity index (χ4n) is 2.36. The zero-order valence-electron chi connectivity index (χ0n) is 11.1. The molecule has 1 amide bonds. The lowest BCUT2D eigenvalue weighted by atomic mass is 10.1. The molecule has 98 valence electrons. The van der Waals surface area contributed by atoms with E-state index in [0.717, 1.165) is 6.54 Å². The van der Waals surface area contributed by atoms with Gasteiger partial charge in [0.15, 0.2) is 0 Å². The smallest absolute Gasteiger partial charge is 0.219 e. The normalized spacial score (nSPS) is 15.8. The third kappa shape index (κ3) is 3.84. The number of hydrogen-bond donors (Lipinski definition) is 1. The molecule has 1 aromatic carbocycles. The lowest BCUT2D eigenvalue weighted by Gasteiger charge is -2.15. The van der Waals surface area contributed by atoms with E-state index in [-0.39, 0.29) is 5.91 Å². The molecule has 0 spiro atoms. The second-order valence-electron chi connectivity index (χ2n) is 4.93. The van der Waals surface area contributed by atoms with Gasteiger partial charge in [0, 0.05) is 19.5 Å². The Labute approximate surface area is 109 Å². The van der Waals surface area contributed by atoms with Crippen molar-refractivity contribution in [2.75, 3.05) is 13.1 Å². The van der Waals surface area contributed by atoms with Crippen molar-refractivity contribution in [3.8, 4) is 0 Å². The number of carbonyl (C=O) groups excluding carboxylic acids is 1. The maximum Gasteiger partial charge on any atom is 0.219 e. The van der Waals surface area contributed by atoms with Crippen LogP contribution >= 0.6 is 0 Å². The third-order valence-corrected chi connectivity index (χ3v) is 3.41. The van der Waals surface area contributed by atoms with E-state index in [1.165, 1.54) is 37.1 Å². The van der Waals surface area contributed by atoms with Gasteiger partial charge in [0.2, 0.25) is 5.91 Å². The van der Waals surface area contributed by atoms with Crippen molar-refractivity contribution < 1.29 is 4.79 Å². The van der Waals surface area contributed by atoms with Gasteiger partial charge in [-0.15, -0.1) is 0 Å². The first-order valence-corrected chi connectivity index (χ1v) is 6.85. The number of carbonyl (C=O) groups is 1. The van der Waals surface area contributed by atoms with Crippen molar-refractivity contribution in [3.05, 3.63) is 35.4 Å². The molecule has 0 radical (unpaired) electrons. The molecule has 1 fully saturated rings. The summed E-state index contributed by atoms with van der Waals surface area (Å²) in [5, 5.41) is 2.92. The molecule has 0 bridgehead atoms. The second-order valence-corrected chi connectivity index (χ2v) is 4.93. The predicted molar refractivity (Wildman–Crippen MR) is 73.1 cm³/mol. The first kappa shape index (κ1) is 13.1. The summed E-state index contributed by atoms with van der Waals surface area (Å²) >= 11 is 0. The van der Waals surface area contributed by atoms with Gasteiger partial charge in [0.05, 0.1) is 0 Å². The highest BCUT2D eigenvalue weighted by atomic mass is 16.1. The quantitative estimate of drug-likeness (QED) is 0.864. The van der Waals surface area contributed by atoms with Crippen molar-refractivity contribution >= 4 is 5.91 Å². The molecule has 0 saturated carbocycles. The standard InChI is InChI=1S/C15H22N2O/c1-2-15(18)16-11-13-6-5-7-14(10-13)12-17-8-3-4-9-17/h5-7,10H,2-4,8-9,11-12H2,1H3,(H,16,18). The first-order valence-electron chi connectivity index (χ1n) is 6.85. The summed E-state index contributed by atoms with van der Waals surface area (Å²) in [5.74, 6) is 0.111. The molecule has 3 nitrogen and oxygen atoms in total. The van der Waals surface area contributed by atoms with Gasteiger partial charge in [-0.05, 0) is 37.1 Å². The van der Waals surface area contributed by atoms with Crippen LogP contribution in [-0.4, -0.2) is 23.9 Å². The van der Waals surface area contributed by atoms with E-state index in [4.69, 9.17) is 0 Å². The van der Waals surface area contributed by atoms with Gasteiger partial charge in [-0.3, -0.25) is 9.69 Å². The minimum atomic E-state index is 0.111. The Bertz CT molecular complexity index is 397. The zero-order valence-corrected chi connectivity index (χ0v) is 11.1. The molecule has 0 aliphatic carbocycles. The van der Waals surface area contributed by atoms with Gasteiger partial charge in [-0.25, -0.2) is 0 Å². The molecule has 1 heterocycles. The van der Waals surface area contributed by atoms with Crippen LogP contribution in [0.3, 0.4) is 0 Å². The molecular formula is C15H22N2O. The molecule has 0 atom stereocenters. The molecular weight excluding hydrogens is 224 g/mol. The van der Waals surface area contributed by atoms with Crippen LogP contribution in [0.5, 0.6) is 0 Å². The van der Waals surface area contributed by atoms with E-state index in [9.17, 15) is 4.79 Å². The Morgan fingerprint density at radius 1 is 1.28 bits per heavy atom. The Morgan fingerprint density at radius 3 is 2.72 bits per heavy atom. The van der Waals surface area contributed by atoms with Crippen molar-refractivity contribution in [1.82, 2.24) is 10.2 Å². The van der Waals surface area contributed by atoms with Crippen molar-refractivity contribution in [2.45, 2.75) is 39.3 Å². The van der Waals surface area contributed by atoms with Crippen LogP contribution in [0.25, 0.3) is 0 Å². The minimum absolute atomic E-state index is 0.111. The molecule has 0 unspecified atom stereocenters. The number of likely N-dealkylation sites (tertiary alicyclic amines) is 1. The number of nitrogens with one attached hydrogen (secondary N) is 1. The highest BCUT2D eigenvalue weighted by Gasteiger charge is 2.11. The summed E-state index contributed by atoms with van der Waals surface area (Å²) in [6, 6.07) is 8.53. The summed E-state index contributed by atoms with van der Waals surface area (Å²) in [4.78, 5) is 13.7. The summed E-state index contributed by atoms with van der Waals surface area (Å²) < 4.78 is 0. The summed E-state index contributed by atoms with van der Waals surface area (Å²) in [7, 11) is 0. The topological polar surface area (TPSA) is 32.3 Å². The number of amides is 1. The lowest BCUT2D eigenvalue weighted by Crippen LogP contribution is -2.22. The Balaban J connectivity index is 1.89. The van der Waals surface area contributed by atoms with Gasteiger partial charge in [-0.2, -0.15) is 0 Å². The van der Waals surface area contributed by atoms with Gasteiger partial charge in [0.1, 0.15) is 0 Å². The Morgan fingerprint density at radius 2 is 2.00 bits per heavy atom. The van der Waals surface area contributed by atoms with E-state index < -0.39 is 0 Å². The molecule has 18 heavy (non-hydrogen) atoms. The molecule has 2 rings (SSSR count). The average Bonchev–Trinajstić information content (AvgIpc) is 2.89. The number of rotatable bonds is 5. The van der Waals surface area contributed by atoms with Crippen LogP contribution in [0.2, 0.25) is 0 Å². The maximum absolute atomic E-state index is 11.2. The highest BCUT2D eigenvalue weighted by molar-refractivity contribution is 5.75. The molecule has 0 aromatic heterocycles. The number of hydrogen-bond acceptors (Lipinski definition) is 2. The van der Waals surface area contributed by atoms with Crippen molar-refractivity contribution in [2.24, 2.45) is 0 Å². The lowest BCUT2D eigenvalue weighted by molar-refractivity contribution is -0.120. The molecule has 3 heteroatoms. The number of benzene rings is 1. The highest BCUT2D eigenvalue weighted by Crippen LogP contribution is 2.13. The van der Waals surface area contributed by atoms with Crippen molar-refractivity contribution in [3.63, 3.8) is 0 Å². The van der Waals surface area contributed by atoms with Crippen LogP contribution in [-0.2, 0) is 17.9 Å². The molecule has 1 aromatic rings. The fraction of sp³-hybridized carbons (Fsp3) is 0.533. The van der Waals surface area contributed by atoms with Crippen LogP contribution in [0.4, 0.5) is 0 Å². The van der Waals surface area contributed by atoms with Crippen LogP contribution in [0.1, 0.15) is 37.3 Å².